The Morgan fingerprint density at radius 1 is 1.40 bits per heavy atom. The van der Waals surface area contributed by atoms with E-state index in [0.717, 1.165) is 0 Å². The summed E-state index contributed by atoms with van der Waals surface area (Å²) in [4.78, 5) is 3.98. The molecular weight excluding hydrogens is 300 g/mol. The summed E-state index contributed by atoms with van der Waals surface area (Å²) in [7, 11) is -3.63. The Labute approximate surface area is 125 Å². The van der Waals surface area contributed by atoms with Crippen LogP contribution in [0.15, 0.2) is 17.2 Å². The van der Waals surface area contributed by atoms with Crippen molar-refractivity contribution in [2.24, 2.45) is 11.8 Å². The van der Waals surface area contributed by atoms with Crippen LogP contribution in [0.2, 0.25) is 5.02 Å². The topological polar surface area (TPSA) is 88.3 Å². The van der Waals surface area contributed by atoms with E-state index in [0.29, 0.717) is 6.54 Å². The fourth-order valence-corrected chi connectivity index (χ4v) is 3.81. The summed E-state index contributed by atoms with van der Waals surface area (Å²) in [6.07, 6.45) is 1.26. The van der Waals surface area contributed by atoms with Crippen molar-refractivity contribution in [3.8, 4) is 0 Å². The molecule has 0 aromatic carbocycles. The molecule has 0 aliphatic heterocycles. The quantitative estimate of drug-likeness (QED) is 0.619. The van der Waals surface area contributed by atoms with Gasteiger partial charge in [-0.25, -0.2) is 19.2 Å². The van der Waals surface area contributed by atoms with E-state index in [1.807, 2.05) is 27.7 Å². The number of pyridine rings is 1. The monoisotopic (exact) mass is 320 g/mol. The average molecular weight is 321 g/mol. The smallest absolute Gasteiger partial charge is 0.244 e. The molecule has 3 N–H and O–H groups in total. The van der Waals surface area contributed by atoms with Gasteiger partial charge in [0, 0.05) is 18.8 Å². The second kappa shape index (κ2) is 6.71. The summed E-state index contributed by atoms with van der Waals surface area (Å²) in [5.41, 5.74) is 2.31. The molecule has 0 unspecified atom stereocenters. The van der Waals surface area contributed by atoms with E-state index in [1.54, 1.807) is 0 Å². The lowest BCUT2D eigenvalue weighted by Crippen LogP contribution is -2.39. The molecule has 1 rings (SSSR count). The van der Waals surface area contributed by atoms with Crippen LogP contribution in [0.5, 0.6) is 0 Å². The van der Waals surface area contributed by atoms with Gasteiger partial charge in [-0.05, 0) is 25.8 Å². The molecule has 1 aromatic heterocycles. The number of rotatable bonds is 6. The third-order valence-electron chi connectivity index (χ3n) is 2.68. The van der Waals surface area contributed by atoms with Crippen LogP contribution in [0.1, 0.15) is 27.7 Å². The number of hydrazine groups is 1. The second-order valence-electron chi connectivity index (χ2n) is 5.21. The standard InChI is InChI=1S/C12H21ClN4O2S/c1-8(2)7-17(9(3)4)20(18,19)10-5-11(13)12(16-14)15-6-10/h5-6,8-9H,7,14H2,1-4H3,(H,15,16). The van der Waals surface area contributed by atoms with Gasteiger partial charge in [-0.3, -0.25) is 0 Å². The molecule has 0 saturated carbocycles. The highest BCUT2D eigenvalue weighted by Crippen LogP contribution is 2.25. The van der Waals surface area contributed by atoms with Gasteiger partial charge < -0.3 is 5.43 Å². The molecule has 114 valence electrons. The Balaban J connectivity index is 3.23. The van der Waals surface area contributed by atoms with Crippen LogP contribution in [0, 0.1) is 5.92 Å². The molecule has 8 heteroatoms. The lowest BCUT2D eigenvalue weighted by molar-refractivity contribution is 0.319. The highest BCUT2D eigenvalue weighted by Gasteiger charge is 2.28. The number of nitrogen functional groups attached to an aromatic ring is 1. The minimum atomic E-state index is -3.63. The van der Waals surface area contributed by atoms with Gasteiger partial charge >= 0.3 is 0 Å². The Morgan fingerprint density at radius 3 is 2.40 bits per heavy atom. The van der Waals surface area contributed by atoms with Crippen LogP contribution in [-0.2, 0) is 10.0 Å². The number of nitrogens with two attached hydrogens (primary N) is 1. The van der Waals surface area contributed by atoms with E-state index in [-0.39, 0.29) is 27.7 Å². The van der Waals surface area contributed by atoms with Crippen molar-refractivity contribution in [3.63, 3.8) is 0 Å². The van der Waals surface area contributed by atoms with Crippen molar-refractivity contribution in [2.45, 2.75) is 38.6 Å². The molecule has 0 bridgehead atoms. The molecule has 0 radical (unpaired) electrons. The van der Waals surface area contributed by atoms with E-state index in [9.17, 15) is 8.42 Å². The number of halogens is 1. The van der Waals surface area contributed by atoms with Crippen LogP contribution < -0.4 is 11.3 Å². The molecule has 20 heavy (non-hydrogen) atoms. The molecule has 1 heterocycles. The summed E-state index contributed by atoms with van der Waals surface area (Å²) in [6.45, 7) is 8.05. The van der Waals surface area contributed by atoms with Crippen LogP contribution >= 0.6 is 11.6 Å². The number of hydrogen-bond donors (Lipinski definition) is 2. The molecular formula is C12H21ClN4O2S. The minimum absolute atomic E-state index is 0.0656. The minimum Gasteiger partial charge on any atom is -0.307 e. The first-order valence-corrected chi connectivity index (χ1v) is 8.16. The van der Waals surface area contributed by atoms with Gasteiger partial charge in [-0.15, -0.1) is 0 Å². The van der Waals surface area contributed by atoms with Crippen molar-refractivity contribution >= 4 is 27.4 Å². The highest BCUT2D eigenvalue weighted by molar-refractivity contribution is 7.89. The Kier molecular flexibility index (Phi) is 5.76. The van der Waals surface area contributed by atoms with Crippen LogP contribution in [-0.4, -0.2) is 30.3 Å². The van der Waals surface area contributed by atoms with Crippen molar-refractivity contribution in [1.29, 1.82) is 0 Å². The van der Waals surface area contributed by atoms with E-state index in [2.05, 4.69) is 10.4 Å². The van der Waals surface area contributed by atoms with Crippen molar-refractivity contribution in [2.75, 3.05) is 12.0 Å². The Bertz CT molecular complexity index is 561. The number of nitrogens with one attached hydrogen (secondary N) is 1. The maximum Gasteiger partial charge on any atom is 0.244 e. The summed E-state index contributed by atoms with van der Waals surface area (Å²) in [5, 5.41) is 0.168. The molecule has 6 nitrogen and oxygen atoms in total. The lowest BCUT2D eigenvalue weighted by atomic mass is 10.2. The number of aromatic nitrogens is 1. The molecule has 0 aliphatic rings. The largest absolute Gasteiger partial charge is 0.307 e. The highest BCUT2D eigenvalue weighted by atomic mass is 35.5. The predicted molar refractivity (Wildman–Crippen MR) is 80.9 cm³/mol. The van der Waals surface area contributed by atoms with Crippen LogP contribution in [0.4, 0.5) is 5.82 Å². The van der Waals surface area contributed by atoms with E-state index < -0.39 is 10.0 Å². The van der Waals surface area contributed by atoms with Gasteiger partial charge in [0.25, 0.3) is 0 Å². The molecule has 0 aliphatic carbocycles. The third kappa shape index (κ3) is 3.82. The maximum atomic E-state index is 12.6. The SMILES string of the molecule is CC(C)CN(C(C)C)S(=O)(=O)c1cnc(NN)c(Cl)c1. The number of sulfonamides is 1. The van der Waals surface area contributed by atoms with Crippen LogP contribution in [0.25, 0.3) is 0 Å². The maximum absolute atomic E-state index is 12.6. The zero-order valence-corrected chi connectivity index (χ0v) is 13.7. The summed E-state index contributed by atoms with van der Waals surface area (Å²) in [6, 6.07) is 1.21. The first kappa shape index (κ1) is 17.2. The van der Waals surface area contributed by atoms with E-state index >= 15 is 0 Å². The first-order valence-electron chi connectivity index (χ1n) is 6.34. The van der Waals surface area contributed by atoms with Crippen molar-refractivity contribution < 1.29 is 8.42 Å². The molecule has 0 spiro atoms. The fraction of sp³-hybridized carbons (Fsp3) is 0.583. The predicted octanol–water partition coefficient (Wildman–Crippen LogP) is 2.08. The lowest BCUT2D eigenvalue weighted by Gasteiger charge is -2.27. The number of anilines is 1. The summed E-state index contributed by atoms with van der Waals surface area (Å²) < 4.78 is 26.7. The molecule has 0 atom stereocenters. The van der Waals surface area contributed by atoms with Gasteiger partial charge in [0.2, 0.25) is 10.0 Å². The Morgan fingerprint density at radius 2 is 2.00 bits per heavy atom. The normalized spacial score (nSPS) is 12.4. The number of hydrogen-bond acceptors (Lipinski definition) is 5. The van der Waals surface area contributed by atoms with E-state index in [1.165, 1.54) is 16.6 Å². The van der Waals surface area contributed by atoms with Gasteiger partial charge in [-0.2, -0.15) is 4.31 Å². The second-order valence-corrected chi connectivity index (χ2v) is 7.51. The zero-order valence-electron chi connectivity index (χ0n) is 12.1. The molecule has 0 saturated heterocycles. The van der Waals surface area contributed by atoms with Gasteiger partial charge in [0.05, 0.1) is 5.02 Å². The summed E-state index contributed by atoms with van der Waals surface area (Å²) >= 11 is 5.94. The fourth-order valence-electron chi connectivity index (χ4n) is 1.75. The third-order valence-corrected chi connectivity index (χ3v) is 4.98. The first-order chi connectivity index (χ1) is 9.20. The number of nitrogens with zero attached hydrogens (tertiary/aromatic N) is 2. The van der Waals surface area contributed by atoms with E-state index in [4.69, 9.17) is 17.4 Å². The summed E-state index contributed by atoms with van der Waals surface area (Å²) in [5.74, 6) is 5.69. The van der Waals surface area contributed by atoms with Gasteiger partial charge in [0.15, 0.2) is 5.82 Å². The molecule has 1 aromatic rings. The van der Waals surface area contributed by atoms with Crippen molar-refractivity contribution in [1.82, 2.24) is 9.29 Å². The van der Waals surface area contributed by atoms with Gasteiger partial charge in [0.1, 0.15) is 4.90 Å². The zero-order chi connectivity index (χ0) is 15.5. The van der Waals surface area contributed by atoms with Crippen molar-refractivity contribution in [3.05, 3.63) is 17.3 Å². The van der Waals surface area contributed by atoms with Gasteiger partial charge in [-0.1, -0.05) is 25.4 Å². The van der Waals surface area contributed by atoms with Crippen LogP contribution in [0.3, 0.4) is 0 Å². The molecule has 0 amide bonds. The Hall–Kier alpha value is -0.890. The molecule has 0 fully saturated rings. The average Bonchev–Trinajstić information content (AvgIpc) is 2.35.